The number of phenols is 1. The van der Waals surface area contributed by atoms with Crippen LogP contribution in [-0.4, -0.2) is 10.8 Å². The molecule has 2 rings (SSSR count). The second kappa shape index (κ2) is 6.18. The molecule has 0 aliphatic carbocycles. The number of phenolic OH excluding ortho intramolecular Hbond substituents is 1. The molecule has 0 saturated heterocycles. The fourth-order valence-electron chi connectivity index (χ4n) is 2.94. The zero-order chi connectivity index (χ0) is 17.4. The molecule has 0 saturated carbocycles. The van der Waals surface area contributed by atoms with Gasteiger partial charge in [-0.05, 0) is 52.5 Å². The molecule has 1 radical (unpaired) electrons. The largest absolute Gasteiger partial charge is 0.507 e. The zero-order valence-electron chi connectivity index (χ0n) is 15.4. The normalized spacial score (nSPS) is 18.7. The summed E-state index contributed by atoms with van der Waals surface area (Å²) < 4.78 is 0. The van der Waals surface area contributed by atoms with Crippen LogP contribution in [0.2, 0.25) is 0 Å². The van der Waals surface area contributed by atoms with E-state index in [2.05, 4.69) is 65.8 Å². The predicted octanol–water partition coefficient (Wildman–Crippen LogP) is 5.42. The molecule has 3 heteroatoms. The van der Waals surface area contributed by atoms with E-state index in [4.69, 9.17) is 4.84 Å². The Labute approximate surface area is 140 Å². The van der Waals surface area contributed by atoms with Gasteiger partial charge in [0.1, 0.15) is 5.75 Å². The zero-order valence-corrected chi connectivity index (χ0v) is 15.4. The Morgan fingerprint density at radius 1 is 1.13 bits per heavy atom. The summed E-state index contributed by atoms with van der Waals surface area (Å²) in [4.78, 5) is 5.66. The fourth-order valence-corrected chi connectivity index (χ4v) is 2.94. The average Bonchev–Trinajstić information content (AvgIpc) is 2.85. The maximum Gasteiger partial charge on any atom is 0.157 e. The lowest BCUT2D eigenvalue weighted by Crippen LogP contribution is -2.18. The van der Waals surface area contributed by atoms with Crippen LogP contribution < -0.4 is 0 Å². The summed E-state index contributed by atoms with van der Waals surface area (Å²) >= 11 is 0. The summed E-state index contributed by atoms with van der Waals surface area (Å²) in [7, 11) is 0. The third-order valence-corrected chi connectivity index (χ3v) is 4.32. The van der Waals surface area contributed by atoms with Crippen molar-refractivity contribution >= 4 is 5.71 Å². The van der Waals surface area contributed by atoms with E-state index in [9.17, 15) is 5.11 Å². The van der Waals surface area contributed by atoms with E-state index in [0.717, 1.165) is 41.7 Å². The topological polar surface area (TPSA) is 41.8 Å². The molecule has 0 amide bonds. The molecule has 23 heavy (non-hydrogen) atoms. The van der Waals surface area contributed by atoms with E-state index in [0.29, 0.717) is 5.75 Å². The van der Waals surface area contributed by atoms with E-state index >= 15 is 0 Å². The Morgan fingerprint density at radius 3 is 2.09 bits per heavy atom. The highest BCUT2D eigenvalue weighted by molar-refractivity contribution is 5.85. The van der Waals surface area contributed by atoms with E-state index in [1.54, 1.807) is 0 Å². The highest BCUT2D eigenvalue weighted by Gasteiger charge is 2.30. The van der Waals surface area contributed by atoms with E-state index in [1.807, 2.05) is 0 Å². The first-order valence-corrected chi connectivity index (χ1v) is 8.42. The van der Waals surface area contributed by atoms with Gasteiger partial charge in [0.15, 0.2) is 6.10 Å². The molecule has 0 aromatic heterocycles. The molecule has 3 nitrogen and oxygen atoms in total. The SMILES string of the molecule is [CH2]CCC1=NOC(c2cc(C(C)(C)C)c(O)c(C(C)(C)C)c2)C1. The van der Waals surface area contributed by atoms with Gasteiger partial charge in [-0.15, -0.1) is 0 Å². The number of rotatable bonds is 3. The molecule has 1 N–H and O–H groups in total. The standard InChI is InChI=1S/C20H30NO2/c1-8-9-14-12-17(23-21-14)13-10-15(19(2,3)4)18(22)16(11-13)20(5,6)7/h10-11,17,22H,1,8-9,12H2,2-7H3. The van der Waals surface area contributed by atoms with Crippen LogP contribution in [0, 0.1) is 6.92 Å². The summed E-state index contributed by atoms with van der Waals surface area (Å²) in [5.74, 6) is 0.408. The average molecular weight is 316 g/mol. The van der Waals surface area contributed by atoms with Crippen LogP contribution in [0.5, 0.6) is 5.75 Å². The van der Waals surface area contributed by atoms with Crippen molar-refractivity contribution < 1.29 is 9.94 Å². The fraction of sp³-hybridized carbons (Fsp3) is 0.600. The number of hydrogen-bond acceptors (Lipinski definition) is 3. The lowest BCUT2D eigenvalue weighted by atomic mass is 9.77. The van der Waals surface area contributed by atoms with Crippen LogP contribution in [0.3, 0.4) is 0 Å². The molecule has 0 spiro atoms. The van der Waals surface area contributed by atoms with Gasteiger partial charge in [0.05, 0.1) is 5.71 Å². The van der Waals surface area contributed by atoms with Gasteiger partial charge in [-0.2, -0.15) is 0 Å². The van der Waals surface area contributed by atoms with Crippen molar-refractivity contribution in [1.29, 1.82) is 0 Å². The summed E-state index contributed by atoms with van der Waals surface area (Å²) in [6, 6.07) is 4.16. The van der Waals surface area contributed by atoms with Crippen LogP contribution in [-0.2, 0) is 15.7 Å². The van der Waals surface area contributed by atoms with Crippen molar-refractivity contribution in [3.63, 3.8) is 0 Å². The van der Waals surface area contributed by atoms with Crippen molar-refractivity contribution in [1.82, 2.24) is 0 Å². The molecule has 1 aromatic carbocycles. The first-order chi connectivity index (χ1) is 10.5. The molecular formula is C20H30NO2. The molecule has 0 fully saturated rings. The van der Waals surface area contributed by atoms with Crippen LogP contribution in [0.1, 0.15) is 83.6 Å². The van der Waals surface area contributed by atoms with Gasteiger partial charge in [-0.3, -0.25) is 0 Å². The van der Waals surface area contributed by atoms with Gasteiger partial charge in [-0.1, -0.05) is 53.6 Å². The summed E-state index contributed by atoms with van der Waals surface area (Å²) in [5.41, 5.74) is 3.85. The Bertz CT molecular complexity index is 568. The molecule has 1 aliphatic rings. The lowest BCUT2D eigenvalue weighted by Gasteiger charge is -2.29. The monoisotopic (exact) mass is 316 g/mol. The van der Waals surface area contributed by atoms with Crippen LogP contribution in [0.4, 0.5) is 0 Å². The summed E-state index contributed by atoms with van der Waals surface area (Å²) in [6.45, 7) is 16.6. The van der Waals surface area contributed by atoms with Crippen molar-refractivity contribution in [3.8, 4) is 5.75 Å². The quantitative estimate of drug-likeness (QED) is 0.809. The molecule has 1 heterocycles. The molecule has 1 atom stereocenters. The minimum Gasteiger partial charge on any atom is -0.507 e. The van der Waals surface area contributed by atoms with E-state index in [-0.39, 0.29) is 16.9 Å². The van der Waals surface area contributed by atoms with Crippen LogP contribution in [0.15, 0.2) is 17.3 Å². The lowest BCUT2D eigenvalue weighted by molar-refractivity contribution is 0.0854. The minimum atomic E-state index is -0.129. The van der Waals surface area contributed by atoms with Gasteiger partial charge < -0.3 is 9.94 Å². The maximum absolute atomic E-state index is 10.8. The summed E-state index contributed by atoms with van der Waals surface area (Å²) in [5, 5.41) is 15.0. The van der Waals surface area contributed by atoms with Crippen LogP contribution >= 0.6 is 0 Å². The smallest absolute Gasteiger partial charge is 0.157 e. The van der Waals surface area contributed by atoms with Crippen molar-refractivity contribution in [2.24, 2.45) is 5.16 Å². The third kappa shape index (κ3) is 3.88. The van der Waals surface area contributed by atoms with Gasteiger partial charge in [0.25, 0.3) is 0 Å². The number of nitrogens with zero attached hydrogens (tertiary/aromatic N) is 1. The van der Waals surface area contributed by atoms with Crippen molar-refractivity contribution in [3.05, 3.63) is 35.7 Å². The minimum absolute atomic E-state index is 0.0562. The molecule has 0 bridgehead atoms. The van der Waals surface area contributed by atoms with Gasteiger partial charge >= 0.3 is 0 Å². The Kier molecular flexibility index (Phi) is 4.79. The number of aromatic hydroxyl groups is 1. The predicted molar refractivity (Wildman–Crippen MR) is 96.0 cm³/mol. The van der Waals surface area contributed by atoms with Gasteiger partial charge in [0, 0.05) is 6.42 Å². The summed E-state index contributed by atoms with van der Waals surface area (Å²) in [6.07, 6.45) is 2.48. The Morgan fingerprint density at radius 2 is 1.65 bits per heavy atom. The number of hydrogen-bond donors (Lipinski definition) is 1. The van der Waals surface area contributed by atoms with Crippen molar-refractivity contribution in [2.75, 3.05) is 0 Å². The molecule has 1 aliphatic heterocycles. The molecular weight excluding hydrogens is 286 g/mol. The highest BCUT2D eigenvalue weighted by atomic mass is 16.6. The first kappa shape index (κ1) is 17.8. The first-order valence-electron chi connectivity index (χ1n) is 8.42. The number of oxime groups is 1. The molecule has 1 aromatic rings. The Balaban J connectivity index is 2.46. The Hall–Kier alpha value is -1.51. The maximum atomic E-state index is 10.8. The number of benzene rings is 1. The second-order valence-electron chi connectivity index (χ2n) is 8.52. The van der Waals surface area contributed by atoms with E-state index in [1.165, 1.54) is 0 Å². The third-order valence-electron chi connectivity index (χ3n) is 4.32. The molecule has 127 valence electrons. The second-order valence-corrected chi connectivity index (χ2v) is 8.52. The van der Waals surface area contributed by atoms with Gasteiger partial charge in [-0.25, -0.2) is 0 Å². The van der Waals surface area contributed by atoms with Gasteiger partial charge in [0.2, 0.25) is 0 Å². The van der Waals surface area contributed by atoms with Crippen LogP contribution in [0.25, 0.3) is 0 Å². The molecule has 1 unspecified atom stereocenters. The van der Waals surface area contributed by atoms with E-state index < -0.39 is 0 Å². The highest BCUT2D eigenvalue weighted by Crippen LogP contribution is 2.42. The van der Waals surface area contributed by atoms with Crippen molar-refractivity contribution in [2.45, 2.75) is 77.7 Å².